The largest absolute Gasteiger partial charge is 0.478 e. The molecular formula is C12H21NO2. The van der Waals surface area contributed by atoms with Crippen LogP contribution in [0.3, 0.4) is 0 Å². The third-order valence-electron chi connectivity index (χ3n) is 3.23. The van der Waals surface area contributed by atoms with E-state index in [1.807, 2.05) is 0 Å². The number of nitrogens with one attached hydrogen (secondary N) is 1. The summed E-state index contributed by atoms with van der Waals surface area (Å²) in [5.41, 5.74) is 0.634. The summed E-state index contributed by atoms with van der Waals surface area (Å²) in [6, 6.07) is 0. The van der Waals surface area contributed by atoms with Crippen LogP contribution < -0.4 is 5.32 Å². The molecule has 1 aliphatic carbocycles. The lowest BCUT2D eigenvalue weighted by atomic mass is 9.83. The molecule has 0 atom stereocenters. The second-order valence-electron chi connectivity index (χ2n) is 4.69. The minimum atomic E-state index is -0.828. The average molecular weight is 211 g/mol. The maximum atomic E-state index is 10.6. The van der Waals surface area contributed by atoms with Gasteiger partial charge in [0.05, 0.1) is 0 Å². The van der Waals surface area contributed by atoms with Crippen LogP contribution >= 0.6 is 0 Å². The molecule has 1 rings (SSSR count). The zero-order valence-electron chi connectivity index (χ0n) is 9.68. The summed E-state index contributed by atoms with van der Waals surface area (Å²) >= 11 is 0. The van der Waals surface area contributed by atoms with Crippen molar-refractivity contribution < 1.29 is 9.90 Å². The Balaban J connectivity index is 2.35. The molecule has 0 radical (unpaired) electrons. The summed E-state index contributed by atoms with van der Waals surface area (Å²) in [5, 5.41) is 12.1. The molecule has 0 heterocycles. The van der Waals surface area contributed by atoms with E-state index in [0.717, 1.165) is 0 Å². The Bertz CT molecular complexity index is 252. The predicted octanol–water partition coefficient (Wildman–Crippen LogP) is 2.33. The number of aliphatic carboxylic acids is 1. The van der Waals surface area contributed by atoms with Crippen LogP contribution in [-0.2, 0) is 4.79 Å². The maximum Gasteiger partial charge on any atom is 0.330 e. The van der Waals surface area contributed by atoms with Gasteiger partial charge < -0.3 is 10.4 Å². The van der Waals surface area contributed by atoms with Gasteiger partial charge in [0, 0.05) is 17.7 Å². The van der Waals surface area contributed by atoms with Gasteiger partial charge >= 0.3 is 5.97 Å². The quantitative estimate of drug-likeness (QED) is 0.702. The van der Waals surface area contributed by atoms with E-state index in [9.17, 15) is 4.79 Å². The SMILES string of the molecule is CC(=CCNC1(C)CCCCC1)C(=O)O. The van der Waals surface area contributed by atoms with E-state index >= 15 is 0 Å². The number of hydrogen-bond acceptors (Lipinski definition) is 2. The van der Waals surface area contributed by atoms with Gasteiger partial charge in [0.2, 0.25) is 0 Å². The molecule has 15 heavy (non-hydrogen) atoms. The zero-order chi connectivity index (χ0) is 11.3. The standard InChI is InChI=1S/C12H21NO2/c1-10(11(14)15)6-9-13-12(2)7-4-3-5-8-12/h6,13H,3-5,7-9H2,1-2H3,(H,14,15). The van der Waals surface area contributed by atoms with Crippen LogP contribution in [0.4, 0.5) is 0 Å². The second-order valence-corrected chi connectivity index (χ2v) is 4.69. The smallest absolute Gasteiger partial charge is 0.330 e. The average Bonchev–Trinajstić information content (AvgIpc) is 2.18. The third-order valence-corrected chi connectivity index (χ3v) is 3.23. The van der Waals surface area contributed by atoms with Gasteiger partial charge in [-0.1, -0.05) is 25.3 Å². The van der Waals surface area contributed by atoms with Crippen LogP contribution in [0.2, 0.25) is 0 Å². The molecule has 3 heteroatoms. The van der Waals surface area contributed by atoms with E-state index in [1.165, 1.54) is 32.1 Å². The molecule has 1 saturated carbocycles. The van der Waals surface area contributed by atoms with Crippen molar-refractivity contribution in [3.05, 3.63) is 11.6 Å². The molecule has 2 N–H and O–H groups in total. The van der Waals surface area contributed by atoms with Gasteiger partial charge in [-0.2, -0.15) is 0 Å². The highest BCUT2D eigenvalue weighted by Gasteiger charge is 2.25. The molecule has 1 aliphatic rings. The van der Waals surface area contributed by atoms with E-state index in [2.05, 4.69) is 12.2 Å². The molecule has 0 unspecified atom stereocenters. The molecule has 0 aromatic rings. The summed E-state index contributed by atoms with van der Waals surface area (Å²) in [7, 11) is 0. The molecule has 0 spiro atoms. The van der Waals surface area contributed by atoms with Crippen molar-refractivity contribution in [1.82, 2.24) is 5.32 Å². The molecule has 3 nitrogen and oxygen atoms in total. The van der Waals surface area contributed by atoms with Crippen molar-refractivity contribution in [3.63, 3.8) is 0 Å². The fraction of sp³-hybridized carbons (Fsp3) is 0.750. The van der Waals surface area contributed by atoms with Crippen molar-refractivity contribution in [1.29, 1.82) is 0 Å². The third kappa shape index (κ3) is 4.04. The van der Waals surface area contributed by atoms with Gasteiger partial charge in [-0.3, -0.25) is 0 Å². The first-order chi connectivity index (χ1) is 7.03. The van der Waals surface area contributed by atoms with Crippen molar-refractivity contribution in [3.8, 4) is 0 Å². The van der Waals surface area contributed by atoms with E-state index in [-0.39, 0.29) is 5.54 Å². The van der Waals surface area contributed by atoms with Gasteiger partial charge in [-0.05, 0) is 26.7 Å². The van der Waals surface area contributed by atoms with E-state index in [0.29, 0.717) is 12.1 Å². The lowest BCUT2D eigenvalue weighted by Crippen LogP contribution is -2.43. The number of carboxylic acid groups (broad SMARTS) is 1. The highest BCUT2D eigenvalue weighted by molar-refractivity contribution is 5.85. The van der Waals surface area contributed by atoms with Gasteiger partial charge in [-0.15, -0.1) is 0 Å². The molecule has 0 aliphatic heterocycles. The summed E-state index contributed by atoms with van der Waals surface area (Å²) in [5.74, 6) is -0.828. The minimum absolute atomic E-state index is 0.216. The molecule has 0 amide bonds. The van der Waals surface area contributed by atoms with Gasteiger partial charge in [-0.25, -0.2) is 4.79 Å². The van der Waals surface area contributed by atoms with Gasteiger partial charge in [0.1, 0.15) is 0 Å². The fourth-order valence-electron chi connectivity index (χ4n) is 2.05. The first kappa shape index (κ1) is 12.2. The fourth-order valence-corrected chi connectivity index (χ4v) is 2.05. The van der Waals surface area contributed by atoms with Crippen LogP contribution in [0.25, 0.3) is 0 Å². The Morgan fingerprint density at radius 2 is 2.00 bits per heavy atom. The molecular weight excluding hydrogens is 190 g/mol. The number of rotatable bonds is 4. The molecule has 0 saturated heterocycles. The molecule has 0 bridgehead atoms. The molecule has 86 valence electrons. The lowest BCUT2D eigenvalue weighted by Gasteiger charge is -2.34. The van der Waals surface area contributed by atoms with Gasteiger partial charge in [0.15, 0.2) is 0 Å². The van der Waals surface area contributed by atoms with Crippen molar-refractivity contribution in [2.24, 2.45) is 0 Å². The highest BCUT2D eigenvalue weighted by atomic mass is 16.4. The Hall–Kier alpha value is -0.830. The lowest BCUT2D eigenvalue weighted by molar-refractivity contribution is -0.132. The Morgan fingerprint density at radius 1 is 1.40 bits per heavy atom. The van der Waals surface area contributed by atoms with Crippen molar-refractivity contribution in [2.75, 3.05) is 6.54 Å². The van der Waals surface area contributed by atoms with Crippen LogP contribution in [0.5, 0.6) is 0 Å². The highest BCUT2D eigenvalue weighted by Crippen LogP contribution is 2.27. The summed E-state index contributed by atoms with van der Waals surface area (Å²) in [6.45, 7) is 4.53. The molecule has 1 fully saturated rings. The number of carbonyl (C=O) groups is 1. The van der Waals surface area contributed by atoms with Crippen molar-refractivity contribution >= 4 is 5.97 Å². The number of carboxylic acids is 1. The van der Waals surface area contributed by atoms with E-state index in [1.54, 1.807) is 13.0 Å². The van der Waals surface area contributed by atoms with E-state index in [4.69, 9.17) is 5.11 Å². The van der Waals surface area contributed by atoms with Crippen LogP contribution in [0, 0.1) is 0 Å². The van der Waals surface area contributed by atoms with Gasteiger partial charge in [0.25, 0.3) is 0 Å². The second kappa shape index (κ2) is 5.31. The first-order valence-electron chi connectivity index (χ1n) is 5.69. The molecule has 0 aromatic heterocycles. The topological polar surface area (TPSA) is 49.3 Å². The first-order valence-corrected chi connectivity index (χ1v) is 5.69. The Morgan fingerprint density at radius 3 is 2.53 bits per heavy atom. The summed E-state index contributed by atoms with van der Waals surface area (Å²) in [6.07, 6.45) is 8.06. The predicted molar refractivity (Wildman–Crippen MR) is 60.9 cm³/mol. The van der Waals surface area contributed by atoms with Crippen LogP contribution in [0.1, 0.15) is 46.0 Å². The Labute approximate surface area is 91.6 Å². The van der Waals surface area contributed by atoms with E-state index < -0.39 is 5.97 Å². The minimum Gasteiger partial charge on any atom is -0.478 e. The maximum absolute atomic E-state index is 10.6. The Kier molecular flexibility index (Phi) is 4.33. The van der Waals surface area contributed by atoms with Crippen molar-refractivity contribution in [2.45, 2.75) is 51.5 Å². The molecule has 0 aromatic carbocycles. The number of hydrogen-bond donors (Lipinski definition) is 2. The summed E-state index contributed by atoms with van der Waals surface area (Å²) < 4.78 is 0. The zero-order valence-corrected chi connectivity index (χ0v) is 9.68. The normalized spacial score (nSPS) is 21.3. The van der Waals surface area contributed by atoms with Crippen LogP contribution in [0.15, 0.2) is 11.6 Å². The summed E-state index contributed by atoms with van der Waals surface area (Å²) in [4.78, 5) is 10.6. The monoisotopic (exact) mass is 211 g/mol. The van der Waals surface area contributed by atoms with Crippen LogP contribution in [-0.4, -0.2) is 23.2 Å².